The Morgan fingerprint density at radius 3 is 2.23 bits per heavy atom. The number of anilines is 1. The Labute approximate surface area is 126 Å². The van der Waals surface area contributed by atoms with E-state index >= 15 is 0 Å². The van der Waals surface area contributed by atoms with Crippen LogP contribution in [0, 0.1) is 4.91 Å². The molecule has 5 nitrogen and oxygen atoms in total. The Morgan fingerprint density at radius 1 is 0.955 bits per heavy atom. The average molecular weight is 292 g/mol. The summed E-state index contributed by atoms with van der Waals surface area (Å²) < 4.78 is 0. The predicted octanol–water partition coefficient (Wildman–Crippen LogP) is 4.20. The number of phenolic OH excluding ortho intramolecular Hbond substituents is 1. The number of aromatic hydroxyl groups is 1. The molecule has 22 heavy (non-hydrogen) atoms. The van der Waals surface area contributed by atoms with Crippen molar-refractivity contribution in [2.24, 2.45) is 5.18 Å². The van der Waals surface area contributed by atoms with Crippen LogP contribution in [0.3, 0.4) is 0 Å². The van der Waals surface area contributed by atoms with Crippen molar-refractivity contribution in [1.29, 1.82) is 0 Å². The molecular formula is C17H12N2O3. The Morgan fingerprint density at radius 2 is 1.59 bits per heavy atom. The fraction of sp³-hybridized carbons (Fsp3) is 0. The molecule has 2 N–H and O–H groups in total. The third kappa shape index (κ3) is 2.64. The molecule has 0 radical (unpaired) electrons. The number of amides is 1. The van der Waals surface area contributed by atoms with Crippen LogP contribution in [0.1, 0.15) is 10.4 Å². The molecule has 3 rings (SSSR count). The quantitative estimate of drug-likeness (QED) is 0.710. The number of phenols is 1. The van der Waals surface area contributed by atoms with Crippen LogP contribution in [-0.4, -0.2) is 11.0 Å². The highest BCUT2D eigenvalue weighted by Gasteiger charge is 2.12. The van der Waals surface area contributed by atoms with Gasteiger partial charge in [-0.15, -0.1) is 4.91 Å². The smallest absolute Gasteiger partial charge is 0.259 e. The lowest BCUT2D eigenvalue weighted by Gasteiger charge is -2.08. The normalized spacial score (nSPS) is 10.4. The first-order chi connectivity index (χ1) is 10.7. The second-order valence-electron chi connectivity index (χ2n) is 4.81. The van der Waals surface area contributed by atoms with E-state index < -0.39 is 5.91 Å². The number of hydrogen-bond acceptors (Lipinski definition) is 4. The summed E-state index contributed by atoms with van der Waals surface area (Å²) in [5.41, 5.74) is 0.993. The Kier molecular flexibility index (Phi) is 3.53. The number of nitrogens with zero attached hydrogens (tertiary/aromatic N) is 1. The number of nitroso groups, excluding NO2 is 1. The van der Waals surface area contributed by atoms with Gasteiger partial charge < -0.3 is 10.4 Å². The monoisotopic (exact) mass is 292 g/mol. The van der Waals surface area contributed by atoms with E-state index in [-0.39, 0.29) is 17.0 Å². The maximum absolute atomic E-state index is 12.3. The maximum Gasteiger partial charge on any atom is 0.259 e. The Bertz CT molecular complexity index is 857. The van der Waals surface area contributed by atoms with Gasteiger partial charge in [0, 0.05) is 5.69 Å². The molecule has 0 aliphatic heterocycles. The molecule has 0 saturated heterocycles. The fourth-order valence-electron chi connectivity index (χ4n) is 2.21. The van der Waals surface area contributed by atoms with Gasteiger partial charge in [0.1, 0.15) is 11.4 Å². The topological polar surface area (TPSA) is 78.8 Å². The molecule has 0 aliphatic rings. The van der Waals surface area contributed by atoms with Crippen molar-refractivity contribution in [2.45, 2.75) is 0 Å². The van der Waals surface area contributed by atoms with Crippen LogP contribution in [0.25, 0.3) is 10.8 Å². The number of carbonyl (C=O) groups is 1. The molecule has 3 aromatic carbocycles. The van der Waals surface area contributed by atoms with Crippen LogP contribution in [0.2, 0.25) is 0 Å². The number of nitrogens with one attached hydrogen (secondary N) is 1. The van der Waals surface area contributed by atoms with Crippen molar-refractivity contribution in [2.75, 3.05) is 5.32 Å². The first-order valence-electron chi connectivity index (χ1n) is 6.64. The molecule has 5 heteroatoms. The molecule has 0 heterocycles. The van der Waals surface area contributed by atoms with Gasteiger partial charge in [0.05, 0.1) is 5.56 Å². The highest BCUT2D eigenvalue weighted by atomic mass is 16.3. The van der Waals surface area contributed by atoms with E-state index in [1.165, 1.54) is 12.1 Å². The summed E-state index contributed by atoms with van der Waals surface area (Å²) in [5.74, 6) is -0.502. The molecule has 0 aromatic heterocycles. The second-order valence-corrected chi connectivity index (χ2v) is 4.81. The van der Waals surface area contributed by atoms with Gasteiger partial charge in [-0.2, -0.15) is 0 Å². The second kappa shape index (κ2) is 5.65. The lowest BCUT2D eigenvalue weighted by atomic mass is 10.1. The summed E-state index contributed by atoms with van der Waals surface area (Å²) >= 11 is 0. The van der Waals surface area contributed by atoms with Crippen LogP contribution in [0.5, 0.6) is 5.75 Å². The molecular weight excluding hydrogens is 280 g/mol. The van der Waals surface area contributed by atoms with E-state index in [9.17, 15) is 14.8 Å². The van der Waals surface area contributed by atoms with Crippen LogP contribution >= 0.6 is 0 Å². The summed E-state index contributed by atoms with van der Waals surface area (Å²) in [6.07, 6.45) is 0. The first-order valence-corrected chi connectivity index (χ1v) is 6.64. The minimum Gasteiger partial charge on any atom is -0.507 e. The largest absolute Gasteiger partial charge is 0.507 e. The van der Waals surface area contributed by atoms with E-state index in [1.807, 2.05) is 24.3 Å². The van der Waals surface area contributed by atoms with Crippen molar-refractivity contribution in [3.05, 3.63) is 71.1 Å². The van der Waals surface area contributed by atoms with Crippen molar-refractivity contribution < 1.29 is 9.90 Å². The lowest BCUT2D eigenvalue weighted by molar-refractivity contribution is 0.102. The van der Waals surface area contributed by atoms with Gasteiger partial charge in [-0.05, 0) is 52.3 Å². The first kappa shape index (κ1) is 13.8. The van der Waals surface area contributed by atoms with Gasteiger partial charge in [0.2, 0.25) is 0 Å². The summed E-state index contributed by atoms with van der Waals surface area (Å²) in [6, 6.07) is 16.8. The number of rotatable bonds is 3. The Balaban J connectivity index is 1.90. The van der Waals surface area contributed by atoms with Gasteiger partial charge in [-0.25, -0.2) is 0 Å². The highest BCUT2D eigenvalue weighted by molar-refractivity contribution is 6.08. The van der Waals surface area contributed by atoms with Crippen LogP contribution in [0.15, 0.2) is 65.8 Å². The van der Waals surface area contributed by atoms with Crippen molar-refractivity contribution >= 4 is 28.1 Å². The number of hydrogen-bond donors (Lipinski definition) is 2. The molecule has 0 saturated carbocycles. The number of benzene rings is 3. The van der Waals surface area contributed by atoms with Gasteiger partial charge in [0.15, 0.2) is 0 Å². The zero-order valence-corrected chi connectivity index (χ0v) is 11.5. The van der Waals surface area contributed by atoms with Crippen molar-refractivity contribution in [3.8, 4) is 5.75 Å². The molecule has 0 bridgehead atoms. The predicted molar refractivity (Wildman–Crippen MR) is 85.5 cm³/mol. The van der Waals surface area contributed by atoms with E-state index in [0.717, 1.165) is 10.8 Å². The van der Waals surface area contributed by atoms with E-state index in [2.05, 4.69) is 10.5 Å². The van der Waals surface area contributed by atoms with Gasteiger partial charge in [-0.3, -0.25) is 4.79 Å². The standard InChI is InChI=1S/C17H12N2O3/c20-16-10-12-4-2-1-3-11(12)9-15(16)17(21)18-13-5-7-14(19-22)8-6-13/h1-10,20H,(H,18,21). The maximum atomic E-state index is 12.3. The molecule has 0 spiro atoms. The van der Waals surface area contributed by atoms with E-state index in [4.69, 9.17) is 0 Å². The summed E-state index contributed by atoms with van der Waals surface area (Å²) in [6.45, 7) is 0. The summed E-state index contributed by atoms with van der Waals surface area (Å²) in [7, 11) is 0. The average Bonchev–Trinajstić information content (AvgIpc) is 2.54. The van der Waals surface area contributed by atoms with Crippen molar-refractivity contribution in [3.63, 3.8) is 0 Å². The fourth-order valence-corrected chi connectivity index (χ4v) is 2.21. The molecule has 3 aromatic rings. The van der Waals surface area contributed by atoms with Gasteiger partial charge in [0.25, 0.3) is 5.91 Å². The minimum atomic E-state index is -0.421. The zero-order valence-electron chi connectivity index (χ0n) is 11.5. The molecule has 0 unspecified atom stereocenters. The zero-order chi connectivity index (χ0) is 15.5. The van der Waals surface area contributed by atoms with Gasteiger partial charge in [-0.1, -0.05) is 24.3 Å². The number of carbonyl (C=O) groups excluding carboxylic acids is 1. The SMILES string of the molecule is O=Nc1ccc(NC(=O)c2cc3ccccc3cc2O)cc1. The van der Waals surface area contributed by atoms with Crippen LogP contribution < -0.4 is 5.32 Å². The number of fused-ring (bicyclic) bond motifs is 1. The molecule has 108 valence electrons. The van der Waals surface area contributed by atoms with E-state index in [1.54, 1.807) is 24.3 Å². The summed E-state index contributed by atoms with van der Waals surface area (Å²) in [5, 5.41) is 17.2. The summed E-state index contributed by atoms with van der Waals surface area (Å²) in [4.78, 5) is 22.6. The van der Waals surface area contributed by atoms with Crippen LogP contribution in [-0.2, 0) is 0 Å². The van der Waals surface area contributed by atoms with Crippen LogP contribution in [0.4, 0.5) is 11.4 Å². The van der Waals surface area contributed by atoms with Gasteiger partial charge >= 0.3 is 0 Å². The molecule has 0 aliphatic carbocycles. The molecule has 0 fully saturated rings. The minimum absolute atomic E-state index is 0.0811. The third-order valence-electron chi connectivity index (χ3n) is 3.34. The lowest BCUT2D eigenvalue weighted by Crippen LogP contribution is -2.12. The molecule has 0 atom stereocenters. The van der Waals surface area contributed by atoms with Crippen molar-refractivity contribution in [1.82, 2.24) is 0 Å². The highest BCUT2D eigenvalue weighted by Crippen LogP contribution is 2.26. The van der Waals surface area contributed by atoms with E-state index in [0.29, 0.717) is 5.69 Å². The Hall–Kier alpha value is -3.21. The third-order valence-corrected chi connectivity index (χ3v) is 3.34. The molecule has 1 amide bonds.